The first-order chi connectivity index (χ1) is 22.2. The Morgan fingerprint density at radius 2 is 1.33 bits per heavy atom. The maximum atomic E-state index is 12.8. The first kappa shape index (κ1) is 37.4. The highest BCUT2D eigenvalue weighted by atomic mass is 32.2. The molecule has 0 fully saturated rings. The van der Waals surface area contributed by atoms with Gasteiger partial charge in [-0.25, -0.2) is 0 Å². The minimum atomic E-state index is -1.17. The number of ketones is 1. The molecule has 8 nitrogen and oxygen atoms in total. The van der Waals surface area contributed by atoms with E-state index in [0.29, 0.717) is 64.0 Å². The van der Waals surface area contributed by atoms with E-state index in [9.17, 15) is 14.7 Å². The Morgan fingerprint density at radius 3 is 2.00 bits per heavy atom. The Morgan fingerprint density at radius 1 is 0.717 bits per heavy atom. The van der Waals surface area contributed by atoms with Crippen LogP contribution in [-0.4, -0.2) is 75.3 Å². The number of Topliss-reactive ketones (excluding diaryl/α,β-unsaturated/α-hetero) is 1. The molecule has 0 spiro atoms. The first-order valence-corrected chi connectivity index (χ1v) is 16.8. The van der Waals surface area contributed by atoms with E-state index in [0.717, 1.165) is 24.2 Å². The van der Waals surface area contributed by atoms with Crippen LogP contribution in [0.2, 0.25) is 0 Å². The number of carbonyl (C=O) groups excluding carboxylic acids is 2. The number of ether oxygens (including phenoxy) is 5. The van der Waals surface area contributed by atoms with Crippen molar-refractivity contribution in [2.45, 2.75) is 62.4 Å². The summed E-state index contributed by atoms with van der Waals surface area (Å²) in [6, 6.07) is 25.0. The normalized spacial score (nSPS) is 12.2. The summed E-state index contributed by atoms with van der Waals surface area (Å²) in [5.74, 6) is 0.167. The summed E-state index contributed by atoms with van der Waals surface area (Å²) in [4.78, 5) is 25.6. The fraction of sp³-hybridized carbons (Fsp3) is 0.459. The lowest BCUT2D eigenvalue weighted by Crippen LogP contribution is -2.24. The van der Waals surface area contributed by atoms with E-state index in [2.05, 4.69) is 24.3 Å². The number of hydrogen-bond donors (Lipinski definition) is 1. The highest BCUT2D eigenvalue weighted by Crippen LogP contribution is 2.26. The van der Waals surface area contributed by atoms with E-state index in [1.54, 1.807) is 30.0 Å². The standard InChI is InChI=1S/C37H48O8S/c1-37(2,3)45-34(38)17-19-42-21-23-44-25-24-43-22-20-41-18-9-12-29-10-8-16-33(27-29)46-28-30-11-7-15-32(26-30)36(40)35(39)31-13-5-4-6-14-31/h4-8,10-11,13-16,26-27,35,39H,9,12,17-25,28H2,1-3H3. The van der Waals surface area contributed by atoms with Gasteiger partial charge in [-0.15, -0.1) is 11.8 Å². The highest BCUT2D eigenvalue weighted by molar-refractivity contribution is 7.98. The molecule has 1 N–H and O–H groups in total. The molecule has 0 bridgehead atoms. The van der Waals surface area contributed by atoms with Crippen molar-refractivity contribution in [3.63, 3.8) is 0 Å². The molecule has 1 atom stereocenters. The number of hydrogen-bond acceptors (Lipinski definition) is 9. The van der Waals surface area contributed by atoms with Gasteiger partial charge < -0.3 is 28.8 Å². The largest absolute Gasteiger partial charge is 0.460 e. The van der Waals surface area contributed by atoms with Gasteiger partial charge in [0.05, 0.1) is 52.7 Å². The van der Waals surface area contributed by atoms with Crippen molar-refractivity contribution in [2.24, 2.45) is 0 Å². The second-order valence-corrected chi connectivity index (χ2v) is 12.8. The molecule has 3 rings (SSSR count). The molecule has 0 saturated heterocycles. The van der Waals surface area contributed by atoms with Gasteiger partial charge >= 0.3 is 5.97 Å². The molecule has 3 aromatic rings. The fourth-order valence-corrected chi connectivity index (χ4v) is 5.33. The third-order valence-electron chi connectivity index (χ3n) is 6.62. The zero-order valence-electron chi connectivity index (χ0n) is 27.3. The molecule has 3 aromatic carbocycles. The second-order valence-electron chi connectivity index (χ2n) is 11.7. The summed E-state index contributed by atoms with van der Waals surface area (Å²) in [6.45, 7) is 9.38. The Kier molecular flexibility index (Phi) is 17.0. The summed E-state index contributed by atoms with van der Waals surface area (Å²) in [5.41, 5.74) is 2.92. The van der Waals surface area contributed by atoms with Crippen LogP contribution in [0.4, 0.5) is 0 Å². The van der Waals surface area contributed by atoms with Crippen LogP contribution in [-0.2, 0) is 40.7 Å². The zero-order chi connectivity index (χ0) is 33.0. The second kappa shape index (κ2) is 20.9. The summed E-state index contributed by atoms with van der Waals surface area (Å²) >= 11 is 1.72. The Balaban J connectivity index is 1.21. The van der Waals surface area contributed by atoms with Crippen LogP contribution in [0, 0.1) is 0 Å². The summed E-state index contributed by atoms with van der Waals surface area (Å²) in [6.07, 6.45) is 0.901. The van der Waals surface area contributed by atoms with Gasteiger partial charge in [-0.2, -0.15) is 0 Å². The summed E-state index contributed by atoms with van der Waals surface area (Å²) in [5, 5.41) is 10.5. The van der Waals surface area contributed by atoms with Gasteiger partial charge in [0, 0.05) is 22.8 Å². The van der Waals surface area contributed by atoms with Crippen LogP contribution in [0.25, 0.3) is 0 Å². The third kappa shape index (κ3) is 15.5. The van der Waals surface area contributed by atoms with Crippen LogP contribution in [0.15, 0.2) is 83.8 Å². The van der Waals surface area contributed by atoms with Crippen molar-refractivity contribution in [1.29, 1.82) is 0 Å². The lowest BCUT2D eigenvalue weighted by Gasteiger charge is -2.19. The molecule has 0 saturated carbocycles. The van der Waals surface area contributed by atoms with Crippen LogP contribution in [0.5, 0.6) is 0 Å². The zero-order valence-corrected chi connectivity index (χ0v) is 28.1. The number of thioether (sulfide) groups is 1. The molecule has 0 aliphatic rings. The number of esters is 1. The number of aliphatic hydroxyl groups excluding tert-OH is 1. The van der Waals surface area contributed by atoms with Gasteiger partial charge in [0.1, 0.15) is 11.7 Å². The number of rotatable bonds is 22. The Hall–Kier alpha value is -3.05. The molecule has 9 heteroatoms. The molecule has 1 unspecified atom stereocenters. The molecule has 46 heavy (non-hydrogen) atoms. The maximum absolute atomic E-state index is 12.8. The van der Waals surface area contributed by atoms with E-state index < -0.39 is 11.7 Å². The molecule has 0 amide bonds. The first-order valence-electron chi connectivity index (χ1n) is 15.8. The monoisotopic (exact) mass is 652 g/mol. The van der Waals surface area contributed by atoms with Crippen molar-refractivity contribution in [3.8, 4) is 0 Å². The Labute approximate surface area is 277 Å². The van der Waals surface area contributed by atoms with Gasteiger partial charge in [0.15, 0.2) is 5.78 Å². The van der Waals surface area contributed by atoms with E-state index in [1.165, 1.54) is 10.5 Å². The number of aryl methyl sites for hydroxylation is 1. The molecule has 0 radical (unpaired) electrons. The van der Waals surface area contributed by atoms with Gasteiger partial charge in [-0.1, -0.05) is 60.7 Å². The van der Waals surface area contributed by atoms with Crippen LogP contribution < -0.4 is 0 Å². The third-order valence-corrected chi connectivity index (χ3v) is 7.68. The number of carbonyl (C=O) groups is 2. The van der Waals surface area contributed by atoms with Crippen LogP contribution >= 0.6 is 11.8 Å². The SMILES string of the molecule is CC(C)(C)OC(=O)CCOCCOCCOCCOCCCc1cccc(SCc2cccc(C(=O)C(O)c3ccccc3)c2)c1. The fourth-order valence-electron chi connectivity index (χ4n) is 4.40. The van der Waals surface area contributed by atoms with E-state index in [-0.39, 0.29) is 18.2 Å². The van der Waals surface area contributed by atoms with Crippen LogP contribution in [0.1, 0.15) is 66.8 Å². The van der Waals surface area contributed by atoms with Gasteiger partial charge in [0.25, 0.3) is 0 Å². The van der Waals surface area contributed by atoms with E-state index in [1.807, 2.05) is 57.2 Å². The topological polar surface area (TPSA) is 101 Å². The summed E-state index contributed by atoms with van der Waals surface area (Å²) in [7, 11) is 0. The van der Waals surface area contributed by atoms with Gasteiger partial charge in [-0.05, 0) is 68.5 Å². The average molecular weight is 653 g/mol. The van der Waals surface area contributed by atoms with E-state index >= 15 is 0 Å². The lowest BCUT2D eigenvalue weighted by atomic mass is 9.99. The molecule has 0 aliphatic carbocycles. The number of aliphatic hydroxyl groups is 1. The van der Waals surface area contributed by atoms with Gasteiger partial charge in [0.2, 0.25) is 0 Å². The molecular formula is C37H48O8S. The summed E-state index contributed by atoms with van der Waals surface area (Å²) < 4.78 is 27.4. The lowest BCUT2D eigenvalue weighted by molar-refractivity contribution is -0.156. The van der Waals surface area contributed by atoms with Crippen molar-refractivity contribution in [3.05, 3.63) is 101 Å². The smallest absolute Gasteiger partial charge is 0.308 e. The quantitative estimate of drug-likeness (QED) is 0.0555. The van der Waals surface area contributed by atoms with Crippen molar-refractivity contribution in [1.82, 2.24) is 0 Å². The maximum Gasteiger partial charge on any atom is 0.308 e. The molecule has 0 aromatic heterocycles. The minimum Gasteiger partial charge on any atom is -0.460 e. The van der Waals surface area contributed by atoms with E-state index in [4.69, 9.17) is 23.7 Å². The predicted molar refractivity (Wildman–Crippen MR) is 180 cm³/mol. The van der Waals surface area contributed by atoms with Crippen molar-refractivity contribution >= 4 is 23.5 Å². The molecule has 0 aliphatic heterocycles. The highest BCUT2D eigenvalue weighted by Gasteiger charge is 2.19. The minimum absolute atomic E-state index is 0.232. The van der Waals surface area contributed by atoms with Crippen LogP contribution in [0.3, 0.4) is 0 Å². The number of benzene rings is 3. The molecule has 0 heterocycles. The average Bonchev–Trinajstić information content (AvgIpc) is 3.05. The van der Waals surface area contributed by atoms with Gasteiger partial charge in [-0.3, -0.25) is 9.59 Å². The van der Waals surface area contributed by atoms with Crippen molar-refractivity contribution in [2.75, 3.05) is 52.9 Å². The van der Waals surface area contributed by atoms with Crippen molar-refractivity contribution < 1.29 is 38.4 Å². The molecular weight excluding hydrogens is 604 g/mol. The Bertz CT molecular complexity index is 1310. The molecule has 250 valence electrons. The predicted octanol–water partition coefficient (Wildman–Crippen LogP) is 6.63.